The number of aromatic nitrogens is 1. The summed E-state index contributed by atoms with van der Waals surface area (Å²) in [6, 6.07) is 7.34. The molecule has 0 spiro atoms. The Bertz CT molecular complexity index is 551. The molecular weight excluding hydrogens is 246 g/mol. The minimum atomic E-state index is 0.0274. The molecule has 3 N–H and O–H groups in total. The van der Waals surface area contributed by atoms with E-state index in [1.54, 1.807) is 17.4 Å². The summed E-state index contributed by atoms with van der Waals surface area (Å²) in [5.41, 5.74) is 9.04. The van der Waals surface area contributed by atoms with E-state index in [4.69, 9.17) is 15.9 Å². The van der Waals surface area contributed by atoms with Gasteiger partial charge in [0.1, 0.15) is 11.6 Å². The number of thiazole rings is 1. The maximum Gasteiger partial charge on any atom is 0.130 e. The van der Waals surface area contributed by atoms with Gasteiger partial charge >= 0.3 is 0 Å². The van der Waals surface area contributed by atoms with Crippen molar-refractivity contribution in [3.63, 3.8) is 0 Å². The molecule has 1 aromatic heterocycles. The molecule has 0 saturated heterocycles. The van der Waals surface area contributed by atoms with Crippen molar-refractivity contribution in [2.75, 3.05) is 6.61 Å². The van der Waals surface area contributed by atoms with Gasteiger partial charge in [0.2, 0.25) is 0 Å². The van der Waals surface area contributed by atoms with Gasteiger partial charge in [-0.2, -0.15) is 0 Å². The number of ether oxygens (including phenoxy) is 1. The minimum absolute atomic E-state index is 0.0274. The highest BCUT2D eigenvalue weighted by Crippen LogP contribution is 2.18. The van der Waals surface area contributed by atoms with Gasteiger partial charge in [-0.15, -0.1) is 11.3 Å². The van der Waals surface area contributed by atoms with Crippen LogP contribution in [-0.4, -0.2) is 17.4 Å². The fourth-order valence-electron chi connectivity index (χ4n) is 1.63. The third kappa shape index (κ3) is 2.87. The highest BCUT2D eigenvalue weighted by molar-refractivity contribution is 7.09. The molecule has 0 radical (unpaired) electrons. The van der Waals surface area contributed by atoms with Crippen molar-refractivity contribution in [3.8, 4) is 5.75 Å². The summed E-state index contributed by atoms with van der Waals surface area (Å²) < 4.78 is 5.68. The number of benzene rings is 1. The number of nitrogens with zero attached hydrogens (tertiary/aromatic N) is 1. The normalized spacial score (nSPS) is 10.3. The van der Waals surface area contributed by atoms with Crippen molar-refractivity contribution < 1.29 is 4.74 Å². The van der Waals surface area contributed by atoms with Gasteiger partial charge in [-0.05, 0) is 19.1 Å². The Labute approximate surface area is 110 Å². The molecule has 1 heterocycles. The SMILES string of the molecule is Cc1ncsc1CCOc1ccccc1C(=N)N. The molecule has 18 heavy (non-hydrogen) atoms. The van der Waals surface area contributed by atoms with Crippen LogP contribution in [0.4, 0.5) is 0 Å². The third-order valence-corrected chi connectivity index (χ3v) is 3.60. The summed E-state index contributed by atoms with van der Waals surface area (Å²) in [4.78, 5) is 5.43. The van der Waals surface area contributed by atoms with Crippen LogP contribution >= 0.6 is 11.3 Å². The lowest BCUT2D eigenvalue weighted by Crippen LogP contribution is -2.13. The Morgan fingerprint density at radius 3 is 2.89 bits per heavy atom. The zero-order chi connectivity index (χ0) is 13.0. The molecule has 2 aromatic rings. The molecule has 0 fully saturated rings. The van der Waals surface area contributed by atoms with Crippen molar-refractivity contribution in [1.82, 2.24) is 4.98 Å². The van der Waals surface area contributed by atoms with Crippen molar-refractivity contribution in [2.24, 2.45) is 5.73 Å². The molecular formula is C13H15N3OS. The van der Waals surface area contributed by atoms with E-state index in [-0.39, 0.29) is 5.84 Å². The average Bonchev–Trinajstić information content (AvgIpc) is 2.76. The second-order valence-corrected chi connectivity index (χ2v) is 4.81. The van der Waals surface area contributed by atoms with Crippen LogP contribution < -0.4 is 10.5 Å². The first-order valence-electron chi connectivity index (χ1n) is 5.63. The van der Waals surface area contributed by atoms with Crippen LogP contribution in [0.2, 0.25) is 0 Å². The van der Waals surface area contributed by atoms with Gasteiger partial charge in [0.05, 0.1) is 23.4 Å². The first-order valence-corrected chi connectivity index (χ1v) is 6.51. The standard InChI is InChI=1S/C13H15N3OS/c1-9-12(18-8-16-9)6-7-17-11-5-3-2-4-10(11)13(14)15/h2-5,8H,6-7H2,1H3,(H3,14,15). The molecule has 0 unspecified atom stereocenters. The van der Waals surface area contributed by atoms with Crippen LogP contribution in [0.15, 0.2) is 29.8 Å². The van der Waals surface area contributed by atoms with Gasteiger partial charge < -0.3 is 10.5 Å². The third-order valence-electron chi connectivity index (χ3n) is 2.61. The maximum absolute atomic E-state index is 7.47. The van der Waals surface area contributed by atoms with Crippen LogP contribution in [-0.2, 0) is 6.42 Å². The number of hydrogen-bond donors (Lipinski definition) is 2. The van der Waals surface area contributed by atoms with Crippen LogP contribution in [0.25, 0.3) is 0 Å². The van der Waals surface area contributed by atoms with Crippen LogP contribution in [0.5, 0.6) is 5.75 Å². The fraction of sp³-hybridized carbons (Fsp3) is 0.231. The van der Waals surface area contributed by atoms with Gasteiger partial charge in [-0.1, -0.05) is 12.1 Å². The Kier molecular flexibility index (Phi) is 3.94. The molecule has 0 aliphatic heterocycles. The first kappa shape index (κ1) is 12.6. The average molecular weight is 261 g/mol. The summed E-state index contributed by atoms with van der Waals surface area (Å²) in [5.74, 6) is 0.687. The molecule has 0 aliphatic carbocycles. The molecule has 1 aromatic carbocycles. The largest absolute Gasteiger partial charge is 0.492 e. The number of para-hydroxylation sites is 1. The second kappa shape index (κ2) is 5.64. The van der Waals surface area contributed by atoms with E-state index in [2.05, 4.69) is 4.98 Å². The topological polar surface area (TPSA) is 72.0 Å². The Hall–Kier alpha value is -1.88. The van der Waals surface area contributed by atoms with Crippen LogP contribution in [0, 0.1) is 12.3 Å². The lowest BCUT2D eigenvalue weighted by atomic mass is 10.2. The van der Waals surface area contributed by atoms with Gasteiger partial charge in [0.25, 0.3) is 0 Å². The maximum atomic E-state index is 7.47. The molecule has 2 rings (SSSR count). The minimum Gasteiger partial charge on any atom is -0.492 e. The first-order chi connectivity index (χ1) is 8.68. The Morgan fingerprint density at radius 2 is 2.22 bits per heavy atom. The monoisotopic (exact) mass is 261 g/mol. The highest BCUT2D eigenvalue weighted by atomic mass is 32.1. The van der Waals surface area contributed by atoms with E-state index < -0.39 is 0 Å². The summed E-state index contributed by atoms with van der Waals surface area (Å²) in [6.45, 7) is 2.56. The summed E-state index contributed by atoms with van der Waals surface area (Å²) in [7, 11) is 0. The van der Waals surface area contributed by atoms with E-state index in [0.717, 1.165) is 12.1 Å². The van der Waals surface area contributed by atoms with Crippen LogP contribution in [0.3, 0.4) is 0 Å². The number of hydrogen-bond acceptors (Lipinski definition) is 4. The summed E-state index contributed by atoms with van der Waals surface area (Å²) in [6.07, 6.45) is 0.822. The van der Waals surface area contributed by atoms with E-state index in [9.17, 15) is 0 Å². The number of amidine groups is 1. The number of nitrogens with two attached hydrogens (primary N) is 1. The molecule has 94 valence electrons. The van der Waals surface area contributed by atoms with E-state index in [0.29, 0.717) is 17.9 Å². The van der Waals surface area contributed by atoms with Gasteiger partial charge in [-0.3, -0.25) is 5.41 Å². The molecule has 0 saturated carbocycles. The molecule has 0 bridgehead atoms. The van der Waals surface area contributed by atoms with Gasteiger partial charge in [0.15, 0.2) is 0 Å². The quantitative estimate of drug-likeness (QED) is 0.641. The van der Waals surface area contributed by atoms with E-state index in [1.807, 2.05) is 30.6 Å². The van der Waals surface area contributed by atoms with Crippen molar-refractivity contribution in [2.45, 2.75) is 13.3 Å². The van der Waals surface area contributed by atoms with Crippen molar-refractivity contribution in [1.29, 1.82) is 5.41 Å². The highest BCUT2D eigenvalue weighted by Gasteiger charge is 2.06. The fourth-order valence-corrected chi connectivity index (χ4v) is 2.40. The lowest BCUT2D eigenvalue weighted by molar-refractivity contribution is 0.322. The lowest BCUT2D eigenvalue weighted by Gasteiger charge is -2.09. The number of aryl methyl sites for hydroxylation is 1. The predicted molar refractivity (Wildman–Crippen MR) is 73.5 cm³/mol. The zero-order valence-electron chi connectivity index (χ0n) is 10.1. The van der Waals surface area contributed by atoms with E-state index >= 15 is 0 Å². The van der Waals surface area contributed by atoms with Crippen molar-refractivity contribution >= 4 is 17.2 Å². The zero-order valence-corrected chi connectivity index (χ0v) is 11.0. The summed E-state index contributed by atoms with van der Waals surface area (Å²) >= 11 is 1.64. The van der Waals surface area contributed by atoms with Gasteiger partial charge in [0, 0.05) is 11.3 Å². The molecule has 4 nitrogen and oxygen atoms in total. The Balaban J connectivity index is 1.99. The summed E-state index contributed by atoms with van der Waals surface area (Å²) in [5, 5.41) is 7.47. The molecule has 0 aliphatic rings. The van der Waals surface area contributed by atoms with Crippen LogP contribution in [0.1, 0.15) is 16.1 Å². The molecule has 0 atom stereocenters. The van der Waals surface area contributed by atoms with E-state index in [1.165, 1.54) is 4.88 Å². The van der Waals surface area contributed by atoms with Crippen molar-refractivity contribution in [3.05, 3.63) is 45.9 Å². The smallest absolute Gasteiger partial charge is 0.130 e. The number of nitrogens with one attached hydrogen (secondary N) is 1. The Morgan fingerprint density at radius 1 is 1.44 bits per heavy atom. The molecule has 0 amide bonds. The molecule has 5 heteroatoms. The number of rotatable bonds is 5. The van der Waals surface area contributed by atoms with Gasteiger partial charge in [-0.25, -0.2) is 4.98 Å². The number of nitrogen functional groups attached to an aromatic ring is 1. The second-order valence-electron chi connectivity index (χ2n) is 3.87. The predicted octanol–water partition coefficient (Wildman–Crippen LogP) is 2.36.